The molecule has 5 aliphatic rings. The molecule has 2 heterocycles. The largest absolute Gasteiger partial charge is 0.511 e. The van der Waals surface area contributed by atoms with Crippen LogP contribution in [0.4, 0.5) is 11.4 Å². The topological polar surface area (TPSA) is 145 Å². The summed E-state index contributed by atoms with van der Waals surface area (Å²) >= 11 is 6.45. The molecule has 2 aromatic rings. The standard InChI is InChI=1S/C26H27ClN4O6S2/c1-38(34,35)29-17-10-11-19-20(12-17)39(36,37)30-25(28-19)22-24(32)21-14-6-8-15(9-7-14)23(21)31(26(22)33)13-16-4-2-3-5-18(16)27/h2-5,10-12,14-15,21,23,29,32H,6-9,13H2,1H3,(H,28,30)/t14?,15?,21-,23+/m1/s1. The van der Waals surface area contributed by atoms with Crippen LogP contribution in [-0.4, -0.2) is 50.9 Å². The molecular formula is C26H27ClN4O6S2. The van der Waals surface area contributed by atoms with Crippen LogP contribution in [0.5, 0.6) is 0 Å². The average Bonchev–Trinajstić information content (AvgIpc) is 2.87. The lowest BCUT2D eigenvalue weighted by Crippen LogP contribution is -2.60. The second kappa shape index (κ2) is 9.24. The van der Waals surface area contributed by atoms with Crippen molar-refractivity contribution in [3.63, 3.8) is 0 Å². The predicted molar refractivity (Wildman–Crippen MR) is 148 cm³/mol. The van der Waals surface area contributed by atoms with Gasteiger partial charge in [-0.2, -0.15) is 8.42 Å². The number of aliphatic hydroxyl groups excluding tert-OH is 1. The van der Waals surface area contributed by atoms with Crippen LogP contribution in [-0.2, 0) is 31.4 Å². The highest BCUT2D eigenvalue weighted by atomic mass is 35.5. The van der Waals surface area contributed by atoms with Crippen LogP contribution >= 0.6 is 11.6 Å². The first-order valence-corrected chi connectivity index (χ1v) is 16.4. The number of hydrogen-bond donors (Lipinski definition) is 3. The van der Waals surface area contributed by atoms with E-state index in [1.54, 1.807) is 11.0 Å². The normalized spacial score (nSPS) is 27.4. The molecule has 2 aromatic carbocycles. The van der Waals surface area contributed by atoms with Crippen molar-refractivity contribution < 1.29 is 26.7 Å². The van der Waals surface area contributed by atoms with Crippen molar-refractivity contribution in [2.45, 2.75) is 43.2 Å². The van der Waals surface area contributed by atoms with E-state index in [9.17, 15) is 26.7 Å². The van der Waals surface area contributed by atoms with E-state index in [1.807, 2.05) is 18.2 Å². The van der Waals surface area contributed by atoms with Gasteiger partial charge in [-0.25, -0.2) is 8.42 Å². The van der Waals surface area contributed by atoms with Gasteiger partial charge in [-0.3, -0.25) is 9.52 Å². The summed E-state index contributed by atoms with van der Waals surface area (Å²) in [5, 5.41) is 15.0. The number of sulfonamides is 2. The Hall–Kier alpha value is -3.09. The first kappa shape index (κ1) is 26.1. The molecule has 0 radical (unpaired) electrons. The Morgan fingerprint density at radius 2 is 1.82 bits per heavy atom. The predicted octanol–water partition coefficient (Wildman–Crippen LogP) is 3.88. The van der Waals surface area contributed by atoms with Crippen LogP contribution in [0, 0.1) is 17.8 Å². The Bertz CT molecular complexity index is 1660. The summed E-state index contributed by atoms with van der Waals surface area (Å²) in [6.07, 6.45) is 4.74. The van der Waals surface area contributed by atoms with Gasteiger partial charge in [0.25, 0.3) is 15.9 Å². The lowest BCUT2D eigenvalue weighted by Gasteiger charge is -2.54. The minimum Gasteiger partial charge on any atom is -0.511 e. The first-order valence-electron chi connectivity index (χ1n) is 12.6. The molecule has 0 saturated heterocycles. The molecule has 2 bridgehead atoms. The van der Waals surface area contributed by atoms with Gasteiger partial charge in [0.15, 0.2) is 5.84 Å². The number of amidine groups is 1. The molecule has 7 rings (SSSR count). The number of benzene rings is 2. The fourth-order valence-electron chi connectivity index (χ4n) is 6.56. The maximum Gasteiger partial charge on any atom is 0.286 e. The van der Waals surface area contributed by atoms with Gasteiger partial charge in [-0.15, -0.1) is 4.40 Å². The number of carbonyl (C=O) groups is 1. The molecule has 1 amide bonds. The van der Waals surface area contributed by atoms with Gasteiger partial charge < -0.3 is 15.3 Å². The van der Waals surface area contributed by atoms with Crippen LogP contribution in [0.2, 0.25) is 5.02 Å². The Balaban J connectivity index is 1.43. The number of aliphatic hydroxyl groups is 1. The number of rotatable bonds is 5. The quantitative estimate of drug-likeness (QED) is 0.479. The monoisotopic (exact) mass is 590 g/mol. The lowest BCUT2D eigenvalue weighted by atomic mass is 9.59. The highest BCUT2D eigenvalue weighted by molar-refractivity contribution is 7.92. The van der Waals surface area contributed by atoms with Gasteiger partial charge in [-0.1, -0.05) is 29.8 Å². The zero-order valence-corrected chi connectivity index (χ0v) is 23.4. The molecule has 206 valence electrons. The van der Waals surface area contributed by atoms with Gasteiger partial charge >= 0.3 is 0 Å². The summed E-state index contributed by atoms with van der Waals surface area (Å²) < 4.78 is 55.9. The maximum absolute atomic E-state index is 14.1. The van der Waals surface area contributed by atoms with Gasteiger partial charge in [-0.05, 0) is 67.3 Å². The molecule has 39 heavy (non-hydrogen) atoms. The second-order valence-corrected chi connectivity index (χ2v) is 14.3. The van der Waals surface area contributed by atoms with E-state index in [2.05, 4.69) is 14.4 Å². The number of hydrogen-bond acceptors (Lipinski definition) is 7. The van der Waals surface area contributed by atoms with Crippen molar-refractivity contribution in [2.75, 3.05) is 16.3 Å². The molecule has 3 aliphatic carbocycles. The van der Waals surface area contributed by atoms with Crippen LogP contribution in [0.15, 0.2) is 63.1 Å². The van der Waals surface area contributed by atoms with E-state index in [4.69, 9.17) is 11.6 Å². The molecule has 2 atom stereocenters. The van der Waals surface area contributed by atoms with Gasteiger partial charge in [0.05, 0.1) is 11.9 Å². The van der Waals surface area contributed by atoms with Gasteiger partial charge in [0, 0.05) is 29.2 Å². The van der Waals surface area contributed by atoms with Crippen molar-refractivity contribution in [1.82, 2.24) is 4.90 Å². The Morgan fingerprint density at radius 3 is 2.51 bits per heavy atom. The summed E-state index contributed by atoms with van der Waals surface area (Å²) in [5.74, 6) is -0.840. The summed E-state index contributed by atoms with van der Waals surface area (Å²) in [7, 11) is -7.97. The van der Waals surface area contributed by atoms with Crippen LogP contribution < -0.4 is 10.0 Å². The highest BCUT2D eigenvalue weighted by Crippen LogP contribution is 2.52. The van der Waals surface area contributed by atoms with E-state index in [0.29, 0.717) is 5.02 Å². The van der Waals surface area contributed by atoms with Gasteiger partial charge in [0.1, 0.15) is 16.2 Å². The van der Waals surface area contributed by atoms with Crippen molar-refractivity contribution in [3.8, 4) is 0 Å². The smallest absolute Gasteiger partial charge is 0.286 e. The highest BCUT2D eigenvalue weighted by Gasteiger charge is 2.54. The fourth-order valence-corrected chi connectivity index (χ4v) is 8.46. The van der Waals surface area contributed by atoms with Crippen molar-refractivity contribution in [2.24, 2.45) is 22.2 Å². The minimum atomic E-state index is -4.33. The Kier molecular flexibility index (Phi) is 6.20. The number of amides is 1. The lowest BCUT2D eigenvalue weighted by molar-refractivity contribution is -0.140. The number of anilines is 2. The number of nitrogens with one attached hydrogen (secondary N) is 2. The summed E-state index contributed by atoms with van der Waals surface area (Å²) in [5.41, 5.74) is 0.777. The van der Waals surface area contributed by atoms with Crippen molar-refractivity contribution >= 4 is 54.8 Å². The van der Waals surface area contributed by atoms with E-state index in [-0.39, 0.29) is 63.8 Å². The molecular weight excluding hydrogens is 564 g/mol. The molecule has 3 N–H and O–H groups in total. The summed E-state index contributed by atoms with van der Waals surface area (Å²) in [6.45, 7) is 0.219. The molecule has 2 aliphatic heterocycles. The van der Waals surface area contributed by atoms with Gasteiger partial charge in [0.2, 0.25) is 10.0 Å². The van der Waals surface area contributed by atoms with Crippen LogP contribution in [0.1, 0.15) is 31.2 Å². The SMILES string of the molecule is CS(=O)(=O)Nc1ccc2c(c1)S(=O)(=O)N=C(C1=C(O)[C@@H]3C4CCC(CC4)[C@@H]3N(Cc3ccccc3Cl)C1=O)N2. The number of nitrogens with zero attached hydrogens (tertiary/aromatic N) is 2. The van der Waals surface area contributed by atoms with E-state index in [0.717, 1.165) is 43.6 Å². The third kappa shape index (κ3) is 4.57. The molecule has 0 unspecified atom stereocenters. The summed E-state index contributed by atoms with van der Waals surface area (Å²) in [6, 6.07) is 11.0. The Labute approximate surface area is 231 Å². The first-order chi connectivity index (χ1) is 18.4. The Morgan fingerprint density at radius 1 is 1.13 bits per heavy atom. The zero-order chi connectivity index (χ0) is 27.7. The summed E-state index contributed by atoms with van der Waals surface area (Å²) in [4.78, 5) is 15.6. The maximum atomic E-state index is 14.1. The van der Waals surface area contributed by atoms with E-state index >= 15 is 0 Å². The molecule has 3 saturated carbocycles. The number of carbonyl (C=O) groups excluding carboxylic acids is 1. The second-order valence-electron chi connectivity index (χ2n) is 10.6. The fraction of sp³-hybridized carbons (Fsp3) is 0.385. The van der Waals surface area contributed by atoms with Crippen LogP contribution in [0.25, 0.3) is 0 Å². The average molecular weight is 591 g/mol. The minimum absolute atomic E-state index is 0.0584. The molecule has 0 aromatic heterocycles. The van der Waals surface area contributed by atoms with E-state index in [1.165, 1.54) is 12.1 Å². The number of halogens is 1. The molecule has 10 nitrogen and oxygen atoms in total. The third-order valence-corrected chi connectivity index (χ3v) is 10.4. The molecule has 0 spiro atoms. The van der Waals surface area contributed by atoms with Crippen molar-refractivity contribution in [3.05, 3.63) is 64.4 Å². The van der Waals surface area contributed by atoms with Crippen molar-refractivity contribution in [1.29, 1.82) is 0 Å². The molecule has 3 fully saturated rings. The van der Waals surface area contributed by atoms with Crippen LogP contribution in [0.3, 0.4) is 0 Å². The molecule has 13 heteroatoms. The number of fused-ring (bicyclic) bond motifs is 3. The third-order valence-electron chi connectivity index (χ3n) is 8.14. The van der Waals surface area contributed by atoms with E-state index < -0.39 is 26.0 Å². The zero-order valence-electron chi connectivity index (χ0n) is 21.0.